The first kappa shape index (κ1) is 19.2. The van der Waals surface area contributed by atoms with E-state index in [2.05, 4.69) is 10.6 Å². The van der Waals surface area contributed by atoms with E-state index in [1.807, 2.05) is 11.9 Å². The molecule has 1 saturated heterocycles. The van der Waals surface area contributed by atoms with Crippen molar-refractivity contribution in [1.29, 1.82) is 0 Å². The molecule has 1 atom stereocenters. The summed E-state index contributed by atoms with van der Waals surface area (Å²) in [6, 6.07) is 6.36. The monoisotopic (exact) mass is 342 g/mol. The van der Waals surface area contributed by atoms with Crippen LogP contribution in [0.1, 0.15) is 12.8 Å². The minimum atomic E-state index is -0.448. The number of nitro benzene ring substituents is 1. The van der Waals surface area contributed by atoms with E-state index >= 15 is 0 Å². The molecule has 128 valence electrons. The topological polar surface area (TPSA) is 87.5 Å². The molecule has 1 aliphatic rings. The molecule has 0 radical (unpaired) electrons. The Kier molecular flexibility index (Phi) is 7.77. The molecule has 7 nitrogen and oxygen atoms in total. The first-order valence-corrected chi connectivity index (χ1v) is 7.51. The van der Waals surface area contributed by atoms with Gasteiger partial charge in [-0.1, -0.05) is 12.1 Å². The normalized spacial score (nSPS) is 17.3. The minimum Gasteiger partial charge on any atom is -0.371 e. The van der Waals surface area contributed by atoms with Crippen molar-refractivity contribution in [3.63, 3.8) is 0 Å². The van der Waals surface area contributed by atoms with E-state index in [0.717, 1.165) is 32.5 Å². The number of anilines is 1. The van der Waals surface area contributed by atoms with Crippen molar-refractivity contribution >= 4 is 29.7 Å². The third-order valence-corrected chi connectivity index (χ3v) is 3.90. The van der Waals surface area contributed by atoms with Crippen LogP contribution in [-0.2, 0) is 4.79 Å². The highest BCUT2D eigenvalue weighted by atomic mass is 35.5. The van der Waals surface area contributed by atoms with Gasteiger partial charge in [-0.2, -0.15) is 0 Å². The van der Waals surface area contributed by atoms with Gasteiger partial charge in [0.15, 0.2) is 0 Å². The van der Waals surface area contributed by atoms with Gasteiger partial charge in [0, 0.05) is 19.2 Å². The number of carbonyl (C=O) groups excluding carboxylic acids is 1. The summed E-state index contributed by atoms with van der Waals surface area (Å²) in [7, 11) is 1.91. The lowest BCUT2D eigenvalue weighted by Gasteiger charge is -2.32. The number of nitro groups is 1. The molecule has 23 heavy (non-hydrogen) atoms. The summed E-state index contributed by atoms with van der Waals surface area (Å²) in [6.45, 7) is 2.49. The second-order valence-electron chi connectivity index (χ2n) is 5.53. The standard InChI is InChI=1S/C15H22N4O3.ClH/c1-16-9-12-5-4-8-18(11-12)15(20)10-17-13-6-2-3-7-14(13)19(21)22;/h2-3,6-7,12,16-17H,4-5,8-11H2,1H3;1H. The number of halogens is 1. The van der Waals surface area contributed by atoms with Crippen molar-refractivity contribution < 1.29 is 9.72 Å². The largest absolute Gasteiger partial charge is 0.371 e. The molecule has 1 fully saturated rings. The van der Waals surface area contributed by atoms with Gasteiger partial charge in [0.2, 0.25) is 5.91 Å². The highest BCUT2D eigenvalue weighted by molar-refractivity contribution is 5.85. The van der Waals surface area contributed by atoms with Gasteiger partial charge < -0.3 is 15.5 Å². The lowest BCUT2D eigenvalue weighted by atomic mass is 9.98. The van der Waals surface area contributed by atoms with E-state index in [1.54, 1.807) is 18.2 Å². The Labute approximate surface area is 142 Å². The molecule has 8 heteroatoms. The maximum atomic E-state index is 12.3. The highest BCUT2D eigenvalue weighted by Crippen LogP contribution is 2.23. The van der Waals surface area contributed by atoms with Crippen LogP contribution >= 0.6 is 12.4 Å². The van der Waals surface area contributed by atoms with Gasteiger partial charge in [-0.05, 0) is 38.4 Å². The number of piperidine rings is 1. The predicted octanol–water partition coefficient (Wildman–Crippen LogP) is 1.89. The van der Waals surface area contributed by atoms with Gasteiger partial charge in [0.05, 0.1) is 11.5 Å². The molecule has 0 spiro atoms. The van der Waals surface area contributed by atoms with Crippen molar-refractivity contribution in [2.75, 3.05) is 38.5 Å². The molecular formula is C15H23ClN4O3. The molecule has 2 N–H and O–H groups in total. The molecule has 1 aromatic carbocycles. The van der Waals surface area contributed by atoms with Gasteiger partial charge in [-0.25, -0.2) is 0 Å². The number of nitrogens with one attached hydrogen (secondary N) is 2. The van der Waals surface area contributed by atoms with Crippen molar-refractivity contribution in [2.24, 2.45) is 5.92 Å². The van der Waals surface area contributed by atoms with Crippen LogP contribution in [0.4, 0.5) is 11.4 Å². The van der Waals surface area contributed by atoms with Crippen molar-refractivity contribution in [1.82, 2.24) is 10.2 Å². The smallest absolute Gasteiger partial charge is 0.292 e. The number of carbonyl (C=O) groups is 1. The number of hydrogen-bond donors (Lipinski definition) is 2. The zero-order valence-corrected chi connectivity index (χ0v) is 14.0. The minimum absolute atomic E-state index is 0. The Morgan fingerprint density at radius 2 is 2.17 bits per heavy atom. The van der Waals surface area contributed by atoms with Crippen LogP contribution in [-0.4, -0.2) is 49.0 Å². The maximum Gasteiger partial charge on any atom is 0.292 e. The number of benzene rings is 1. The van der Waals surface area contributed by atoms with Crippen molar-refractivity contribution in [3.8, 4) is 0 Å². The van der Waals surface area contributed by atoms with E-state index in [1.165, 1.54) is 6.07 Å². The SMILES string of the molecule is CNCC1CCCN(C(=O)CNc2ccccc2[N+](=O)[O-])C1.Cl. The van der Waals surface area contributed by atoms with E-state index in [4.69, 9.17) is 0 Å². The van der Waals surface area contributed by atoms with Crippen LogP contribution in [0.25, 0.3) is 0 Å². The fourth-order valence-electron chi connectivity index (χ4n) is 2.81. The zero-order chi connectivity index (χ0) is 15.9. The molecule has 1 aliphatic heterocycles. The fourth-order valence-corrected chi connectivity index (χ4v) is 2.81. The third-order valence-electron chi connectivity index (χ3n) is 3.90. The molecule has 0 saturated carbocycles. The fraction of sp³-hybridized carbons (Fsp3) is 0.533. The number of amides is 1. The second-order valence-corrected chi connectivity index (χ2v) is 5.53. The summed E-state index contributed by atoms with van der Waals surface area (Å²) >= 11 is 0. The highest BCUT2D eigenvalue weighted by Gasteiger charge is 2.23. The summed E-state index contributed by atoms with van der Waals surface area (Å²) in [5.74, 6) is 0.465. The maximum absolute atomic E-state index is 12.3. The molecule has 1 amide bonds. The number of likely N-dealkylation sites (tertiary alicyclic amines) is 1. The van der Waals surface area contributed by atoms with Gasteiger partial charge in [0.25, 0.3) is 5.69 Å². The average Bonchev–Trinajstić information content (AvgIpc) is 2.53. The average molecular weight is 343 g/mol. The van der Waals surface area contributed by atoms with Gasteiger partial charge in [-0.15, -0.1) is 12.4 Å². The van der Waals surface area contributed by atoms with Gasteiger partial charge in [0.1, 0.15) is 5.69 Å². The second kappa shape index (κ2) is 9.32. The zero-order valence-electron chi connectivity index (χ0n) is 13.2. The van der Waals surface area contributed by atoms with Crippen LogP contribution in [0, 0.1) is 16.0 Å². The number of para-hydroxylation sites is 2. The summed E-state index contributed by atoms with van der Waals surface area (Å²) < 4.78 is 0. The summed E-state index contributed by atoms with van der Waals surface area (Å²) in [6.07, 6.45) is 2.13. The number of nitrogens with zero attached hydrogens (tertiary/aromatic N) is 2. The molecule has 1 unspecified atom stereocenters. The lowest BCUT2D eigenvalue weighted by molar-refractivity contribution is -0.383. The molecule has 1 heterocycles. The molecule has 0 bridgehead atoms. The summed E-state index contributed by atoms with van der Waals surface area (Å²) in [5, 5.41) is 17.0. The van der Waals surface area contributed by atoms with E-state index < -0.39 is 4.92 Å². The van der Waals surface area contributed by atoms with Crippen molar-refractivity contribution in [3.05, 3.63) is 34.4 Å². The Morgan fingerprint density at radius 1 is 1.43 bits per heavy atom. The van der Waals surface area contributed by atoms with Gasteiger partial charge >= 0.3 is 0 Å². The third kappa shape index (κ3) is 5.37. The molecule has 2 rings (SSSR count). The Balaban J connectivity index is 0.00000264. The number of rotatable bonds is 6. The van der Waals surface area contributed by atoms with Crippen LogP contribution in [0.5, 0.6) is 0 Å². The van der Waals surface area contributed by atoms with Crippen LogP contribution < -0.4 is 10.6 Å². The molecule has 1 aromatic rings. The lowest BCUT2D eigenvalue weighted by Crippen LogP contribution is -2.44. The predicted molar refractivity (Wildman–Crippen MR) is 92.1 cm³/mol. The van der Waals surface area contributed by atoms with Gasteiger partial charge in [-0.3, -0.25) is 14.9 Å². The summed E-state index contributed by atoms with van der Waals surface area (Å²) in [4.78, 5) is 24.6. The van der Waals surface area contributed by atoms with Crippen molar-refractivity contribution in [2.45, 2.75) is 12.8 Å². The van der Waals surface area contributed by atoms with Crippen LogP contribution in [0.15, 0.2) is 24.3 Å². The van der Waals surface area contributed by atoms with E-state index in [9.17, 15) is 14.9 Å². The van der Waals surface area contributed by atoms with E-state index in [0.29, 0.717) is 11.6 Å². The number of hydrogen-bond acceptors (Lipinski definition) is 5. The van der Waals surface area contributed by atoms with E-state index in [-0.39, 0.29) is 30.5 Å². The molecule has 0 aromatic heterocycles. The first-order valence-electron chi connectivity index (χ1n) is 7.51. The Hall–Kier alpha value is -1.86. The van der Waals surface area contributed by atoms with Crippen LogP contribution in [0.2, 0.25) is 0 Å². The first-order chi connectivity index (χ1) is 10.6. The van der Waals surface area contributed by atoms with Crippen LogP contribution in [0.3, 0.4) is 0 Å². The molecular weight excluding hydrogens is 320 g/mol. The Bertz CT molecular complexity index is 539. The quantitative estimate of drug-likeness (QED) is 0.609. The molecule has 0 aliphatic carbocycles. The Morgan fingerprint density at radius 3 is 2.87 bits per heavy atom. The summed E-state index contributed by atoms with van der Waals surface area (Å²) in [5.41, 5.74) is 0.367.